The van der Waals surface area contributed by atoms with Gasteiger partial charge in [-0.1, -0.05) is 58.8 Å². The number of piperazine rings is 1. The lowest BCUT2D eigenvalue weighted by molar-refractivity contribution is -0.113. The molecule has 0 bridgehead atoms. The molecule has 0 spiro atoms. The van der Waals surface area contributed by atoms with E-state index in [4.69, 9.17) is 11.6 Å². The van der Waals surface area contributed by atoms with Gasteiger partial charge in [0, 0.05) is 43.0 Å². The van der Waals surface area contributed by atoms with E-state index in [9.17, 15) is 9.59 Å². The lowest BCUT2D eigenvalue weighted by Gasteiger charge is -2.40. The van der Waals surface area contributed by atoms with Gasteiger partial charge >= 0.3 is 0 Å². The van der Waals surface area contributed by atoms with Gasteiger partial charge in [0.05, 0.1) is 5.75 Å². The third-order valence-corrected chi connectivity index (χ3v) is 6.88. The standard InChI is InChI=1S/C26H28ClN5O2S/c1-17-4-8-20(9-5-17)25(34)32-13-12-31(15-19(32)3)23-14-22(27)29-26(30-23)35-16-24(33)28-21-10-6-18(2)7-11-21/h4-11,14,19H,12-13,15-16H2,1-3H3,(H,28,33). The Labute approximate surface area is 214 Å². The fourth-order valence-electron chi connectivity index (χ4n) is 3.91. The average Bonchev–Trinajstić information content (AvgIpc) is 2.84. The van der Waals surface area contributed by atoms with Crippen LogP contribution in [0.15, 0.2) is 59.8 Å². The Kier molecular flexibility index (Phi) is 7.93. The molecule has 7 nitrogen and oxygen atoms in total. The van der Waals surface area contributed by atoms with Crippen LogP contribution in [0, 0.1) is 13.8 Å². The minimum Gasteiger partial charge on any atom is -0.353 e. The van der Waals surface area contributed by atoms with Gasteiger partial charge in [-0.05, 0) is 45.0 Å². The molecule has 1 aromatic heterocycles. The van der Waals surface area contributed by atoms with Crippen molar-refractivity contribution in [1.29, 1.82) is 0 Å². The van der Waals surface area contributed by atoms with Crippen molar-refractivity contribution in [2.24, 2.45) is 0 Å². The predicted molar refractivity (Wildman–Crippen MR) is 141 cm³/mol. The Morgan fingerprint density at radius 2 is 1.69 bits per heavy atom. The summed E-state index contributed by atoms with van der Waals surface area (Å²) in [5.41, 5.74) is 3.71. The van der Waals surface area contributed by atoms with Crippen molar-refractivity contribution < 1.29 is 9.59 Å². The lowest BCUT2D eigenvalue weighted by Crippen LogP contribution is -2.54. The van der Waals surface area contributed by atoms with Crippen molar-refractivity contribution in [3.8, 4) is 0 Å². The van der Waals surface area contributed by atoms with Crippen LogP contribution in [0.3, 0.4) is 0 Å². The zero-order valence-electron chi connectivity index (χ0n) is 20.0. The number of hydrogen-bond acceptors (Lipinski definition) is 6. The Bertz CT molecular complexity index is 1200. The maximum absolute atomic E-state index is 13.0. The predicted octanol–water partition coefficient (Wildman–Crippen LogP) is 4.83. The summed E-state index contributed by atoms with van der Waals surface area (Å²) in [4.78, 5) is 38.2. The van der Waals surface area contributed by atoms with Crippen LogP contribution in [0.1, 0.15) is 28.4 Å². The molecule has 1 unspecified atom stereocenters. The molecule has 0 radical (unpaired) electrons. The summed E-state index contributed by atoms with van der Waals surface area (Å²) in [5.74, 6) is 0.762. The Morgan fingerprint density at radius 3 is 2.34 bits per heavy atom. The summed E-state index contributed by atoms with van der Waals surface area (Å²) >= 11 is 7.52. The molecule has 1 atom stereocenters. The highest BCUT2D eigenvalue weighted by atomic mass is 35.5. The van der Waals surface area contributed by atoms with Crippen molar-refractivity contribution in [3.63, 3.8) is 0 Å². The monoisotopic (exact) mass is 509 g/mol. The Morgan fingerprint density at radius 1 is 1.03 bits per heavy atom. The zero-order chi connectivity index (χ0) is 24.9. The number of halogens is 1. The Hall–Kier alpha value is -3.10. The van der Waals surface area contributed by atoms with E-state index >= 15 is 0 Å². The molecule has 0 saturated carbocycles. The fraction of sp³-hybridized carbons (Fsp3) is 0.308. The quantitative estimate of drug-likeness (QED) is 0.291. The van der Waals surface area contributed by atoms with Gasteiger partial charge in [-0.3, -0.25) is 9.59 Å². The van der Waals surface area contributed by atoms with Gasteiger partial charge in [-0.2, -0.15) is 0 Å². The third-order valence-electron chi connectivity index (χ3n) is 5.84. The molecule has 2 amide bonds. The molecule has 2 heterocycles. The van der Waals surface area contributed by atoms with Gasteiger partial charge in [0.1, 0.15) is 11.0 Å². The van der Waals surface area contributed by atoms with Crippen LogP contribution in [0.5, 0.6) is 0 Å². The van der Waals surface area contributed by atoms with E-state index in [1.807, 2.05) is 74.2 Å². The number of thioether (sulfide) groups is 1. The Balaban J connectivity index is 1.36. The molecule has 1 fully saturated rings. The summed E-state index contributed by atoms with van der Waals surface area (Å²) < 4.78 is 0. The number of amides is 2. The van der Waals surface area contributed by atoms with Crippen LogP contribution in [0.25, 0.3) is 0 Å². The van der Waals surface area contributed by atoms with Crippen LogP contribution in [-0.2, 0) is 4.79 Å². The van der Waals surface area contributed by atoms with Crippen LogP contribution in [0.2, 0.25) is 5.15 Å². The number of hydrogen-bond donors (Lipinski definition) is 1. The third kappa shape index (κ3) is 6.52. The van der Waals surface area contributed by atoms with Gasteiger partial charge < -0.3 is 15.1 Å². The van der Waals surface area contributed by atoms with E-state index in [1.54, 1.807) is 6.07 Å². The number of aromatic nitrogens is 2. The topological polar surface area (TPSA) is 78.4 Å². The summed E-state index contributed by atoms with van der Waals surface area (Å²) in [6, 6.07) is 17.0. The highest BCUT2D eigenvalue weighted by Crippen LogP contribution is 2.25. The first kappa shape index (κ1) is 25.0. The highest BCUT2D eigenvalue weighted by molar-refractivity contribution is 7.99. The number of nitrogens with one attached hydrogen (secondary N) is 1. The largest absolute Gasteiger partial charge is 0.353 e. The minimum atomic E-state index is -0.138. The van der Waals surface area contributed by atoms with Crippen molar-refractivity contribution in [2.75, 3.05) is 35.6 Å². The minimum absolute atomic E-state index is 0.00249. The van der Waals surface area contributed by atoms with E-state index < -0.39 is 0 Å². The molecule has 4 rings (SSSR count). The van der Waals surface area contributed by atoms with E-state index in [2.05, 4.69) is 20.2 Å². The highest BCUT2D eigenvalue weighted by Gasteiger charge is 2.29. The number of anilines is 2. The summed E-state index contributed by atoms with van der Waals surface area (Å²) in [7, 11) is 0. The lowest BCUT2D eigenvalue weighted by atomic mass is 10.1. The molecule has 2 aromatic carbocycles. The normalized spacial score (nSPS) is 15.7. The number of benzene rings is 2. The fourth-order valence-corrected chi connectivity index (χ4v) is 4.79. The molecule has 35 heavy (non-hydrogen) atoms. The van der Waals surface area contributed by atoms with Crippen LogP contribution in [-0.4, -0.2) is 58.1 Å². The molecule has 1 aliphatic heterocycles. The second-order valence-electron chi connectivity index (χ2n) is 8.69. The molecule has 1 aliphatic rings. The molecule has 9 heteroatoms. The summed E-state index contributed by atoms with van der Waals surface area (Å²) in [6.45, 7) is 7.88. The first-order valence-electron chi connectivity index (χ1n) is 11.4. The van der Waals surface area contributed by atoms with Crippen molar-refractivity contribution in [1.82, 2.24) is 14.9 Å². The van der Waals surface area contributed by atoms with Gasteiger partial charge in [-0.15, -0.1) is 0 Å². The first-order valence-corrected chi connectivity index (χ1v) is 12.8. The smallest absolute Gasteiger partial charge is 0.254 e. The van der Waals surface area contributed by atoms with Crippen LogP contribution in [0.4, 0.5) is 11.5 Å². The van der Waals surface area contributed by atoms with E-state index in [1.165, 1.54) is 11.8 Å². The van der Waals surface area contributed by atoms with E-state index in [0.29, 0.717) is 41.3 Å². The zero-order valence-corrected chi connectivity index (χ0v) is 21.6. The molecule has 1 saturated heterocycles. The molecule has 3 aromatic rings. The summed E-state index contributed by atoms with van der Waals surface area (Å²) in [6.07, 6.45) is 0. The van der Waals surface area contributed by atoms with Crippen molar-refractivity contribution in [3.05, 3.63) is 76.4 Å². The van der Waals surface area contributed by atoms with Crippen molar-refractivity contribution in [2.45, 2.75) is 32.0 Å². The number of carbonyl (C=O) groups excluding carboxylic acids is 2. The first-order chi connectivity index (χ1) is 16.8. The molecular formula is C26H28ClN5O2S. The SMILES string of the molecule is Cc1ccc(NC(=O)CSc2nc(Cl)cc(N3CCN(C(=O)c4ccc(C)cc4)C(C)C3)n2)cc1. The van der Waals surface area contributed by atoms with Crippen LogP contribution < -0.4 is 10.2 Å². The average molecular weight is 510 g/mol. The number of carbonyl (C=O) groups is 2. The molecule has 182 valence electrons. The van der Waals surface area contributed by atoms with Gasteiger partial charge in [0.25, 0.3) is 5.91 Å². The molecule has 0 aliphatic carbocycles. The van der Waals surface area contributed by atoms with Crippen LogP contribution >= 0.6 is 23.4 Å². The number of rotatable bonds is 6. The maximum Gasteiger partial charge on any atom is 0.254 e. The molecule has 1 N–H and O–H groups in total. The van der Waals surface area contributed by atoms with Gasteiger partial charge in [0.2, 0.25) is 5.91 Å². The second-order valence-corrected chi connectivity index (χ2v) is 10.0. The van der Waals surface area contributed by atoms with E-state index in [0.717, 1.165) is 16.8 Å². The number of aryl methyl sites for hydroxylation is 2. The van der Waals surface area contributed by atoms with Gasteiger partial charge in [0.15, 0.2) is 5.16 Å². The second kappa shape index (κ2) is 11.1. The summed E-state index contributed by atoms with van der Waals surface area (Å²) in [5, 5.41) is 3.64. The van der Waals surface area contributed by atoms with Gasteiger partial charge in [-0.25, -0.2) is 9.97 Å². The maximum atomic E-state index is 13.0. The number of nitrogens with zero attached hydrogens (tertiary/aromatic N) is 4. The van der Waals surface area contributed by atoms with E-state index in [-0.39, 0.29) is 23.6 Å². The molecular weight excluding hydrogens is 482 g/mol. The van der Waals surface area contributed by atoms with Crippen molar-refractivity contribution >= 4 is 46.7 Å².